The summed E-state index contributed by atoms with van der Waals surface area (Å²) in [4.78, 5) is 0. The van der Waals surface area contributed by atoms with Crippen LogP contribution in [0.15, 0.2) is 24.3 Å². The molecule has 14 heavy (non-hydrogen) atoms. The lowest BCUT2D eigenvalue weighted by Crippen LogP contribution is -2.28. The fourth-order valence-corrected chi connectivity index (χ4v) is 1.52. The van der Waals surface area contributed by atoms with Gasteiger partial charge in [-0.1, -0.05) is 76.2 Å². The Hall–Kier alpha value is 0.470. The standard InChI is InChI=1S/C8H5Cl5O/c9-7(10,8(11,12)13)5-3-1-2-4-6(5)14/h1-4,14H. The van der Waals surface area contributed by atoms with Crippen LogP contribution in [0.3, 0.4) is 0 Å². The minimum Gasteiger partial charge on any atom is -0.508 e. The average Bonchev–Trinajstić information content (AvgIpc) is 2.02. The minimum atomic E-state index is -1.92. The molecule has 0 saturated heterocycles. The van der Waals surface area contributed by atoms with Crippen molar-refractivity contribution in [3.8, 4) is 5.75 Å². The molecular weight excluding hydrogens is 289 g/mol. The molecule has 0 aromatic heterocycles. The zero-order valence-corrected chi connectivity index (χ0v) is 10.4. The molecule has 0 unspecified atom stereocenters. The van der Waals surface area contributed by atoms with E-state index >= 15 is 0 Å². The van der Waals surface area contributed by atoms with Gasteiger partial charge < -0.3 is 5.11 Å². The van der Waals surface area contributed by atoms with Gasteiger partial charge in [0.1, 0.15) is 5.75 Å². The molecule has 0 aliphatic rings. The van der Waals surface area contributed by atoms with E-state index in [-0.39, 0.29) is 11.3 Å². The molecule has 6 heteroatoms. The fraction of sp³-hybridized carbons (Fsp3) is 0.250. The van der Waals surface area contributed by atoms with E-state index in [4.69, 9.17) is 58.0 Å². The Kier molecular flexibility index (Phi) is 3.72. The monoisotopic (exact) mass is 292 g/mol. The van der Waals surface area contributed by atoms with Gasteiger partial charge in [-0.25, -0.2) is 0 Å². The lowest BCUT2D eigenvalue weighted by Gasteiger charge is -2.28. The van der Waals surface area contributed by atoms with Gasteiger partial charge in [-0.15, -0.1) is 0 Å². The van der Waals surface area contributed by atoms with Crippen molar-refractivity contribution < 1.29 is 5.11 Å². The molecule has 0 fully saturated rings. The third-order valence-electron chi connectivity index (χ3n) is 1.60. The van der Waals surface area contributed by atoms with Crippen molar-refractivity contribution in [3.05, 3.63) is 29.8 Å². The first kappa shape index (κ1) is 12.5. The van der Waals surface area contributed by atoms with Gasteiger partial charge in [0.15, 0.2) is 4.33 Å². The van der Waals surface area contributed by atoms with Gasteiger partial charge in [0.2, 0.25) is 3.79 Å². The Morgan fingerprint density at radius 1 is 0.929 bits per heavy atom. The first-order valence-corrected chi connectivity index (χ1v) is 5.39. The lowest BCUT2D eigenvalue weighted by atomic mass is 10.1. The number of rotatable bonds is 1. The first-order valence-electron chi connectivity index (χ1n) is 3.50. The fourth-order valence-electron chi connectivity index (χ4n) is 0.892. The summed E-state index contributed by atoms with van der Waals surface area (Å²) >= 11 is 28.5. The highest BCUT2D eigenvalue weighted by atomic mass is 35.6. The second kappa shape index (κ2) is 4.15. The van der Waals surface area contributed by atoms with Crippen LogP contribution in [0.1, 0.15) is 5.56 Å². The van der Waals surface area contributed by atoms with Crippen LogP contribution in [-0.4, -0.2) is 8.90 Å². The van der Waals surface area contributed by atoms with Crippen molar-refractivity contribution in [2.75, 3.05) is 0 Å². The van der Waals surface area contributed by atoms with Gasteiger partial charge >= 0.3 is 0 Å². The molecule has 1 rings (SSSR count). The summed E-state index contributed by atoms with van der Waals surface area (Å²) < 4.78 is -3.71. The maximum atomic E-state index is 9.46. The summed E-state index contributed by atoms with van der Waals surface area (Å²) in [6.45, 7) is 0. The van der Waals surface area contributed by atoms with Crippen LogP contribution in [0, 0.1) is 0 Å². The van der Waals surface area contributed by atoms with Gasteiger partial charge in [0, 0.05) is 5.56 Å². The SMILES string of the molecule is Oc1ccccc1C(Cl)(Cl)C(Cl)(Cl)Cl. The van der Waals surface area contributed by atoms with Crippen LogP contribution in [-0.2, 0) is 4.33 Å². The maximum Gasteiger partial charge on any atom is 0.227 e. The predicted molar refractivity (Wildman–Crippen MR) is 61.8 cm³/mol. The molecular formula is C8H5Cl5O. The molecule has 0 amide bonds. The Morgan fingerprint density at radius 2 is 1.43 bits per heavy atom. The van der Waals surface area contributed by atoms with E-state index in [1.165, 1.54) is 12.1 Å². The summed E-state index contributed by atoms with van der Waals surface area (Å²) in [6.07, 6.45) is 0. The molecule has 1 nitrogen and oxygen atoms in total. The topological polar surface area (TPSA) is 20.2 Å². The number of alkyl halides is 5. The zero-order chi connectivity index (χ0) is 11.0. The maximum absolute atomic E-state index is 9.46. The third-order valence-corrected chi connectivity index (χ3v) is 4.00. The Balaban J connectivity index is 3.23. The van der Waals surface area contributed by atoms with Crippen molar-refractivity contribution in [2.45, 2.75) is 8.13 Å². The van der Waals surface area contributed by atoms with E-state index in [9.17, 15) is 5.11 Å². The van der Waals surface area contributed by atoms with E-state index < -0.39 is 8.13 Å². The van der Waals surface area contributed by atoms with Gasteiger partial charge in [-0.2, -0.15) is 0 Å². The highest BCUT2D eigenvalue weighted by Gasteiger charge is 2.48. The lowest BCUT2D eigenvalue weighted by molar-refractivity contribution is 0.465. The van der Waals surface area contributed by atoms with Crippen LogP contribution >= 0.6 is 58.0 Å². The van der Waals surface area contributed by atoms with Crippen molar-refractivity contribution >= 4 is 58.0 Å². The van der Waals surface area contributed by atoms with Crippen molar-refractivity contribution in [2.24, 2.45) is 0 Å². The summed E-state index contributed by atoms with van der Waals surface area (Å²) in [5.74, 6) is -0.121. The number of halogens is 5. The number of phenolic OH excluding ortho intramolecular Hbond substituents is 1. The molecule has 0 saturated carbocycles. The predicted octanol–water partition coefficient (Wildman–Crippen LogP) is 4.39. The number of benzene rings is 1. The van der Waals surface area contributed by atoms with Gasteiger partial charge in [0.05, 0.1) is 0 Å². The third kappa shape index (κ3) is 2.34. The van der Waals surface area contributed by atoms with Crippen LogP contribution in [0.4, 0.5) is 0 Å². The molecule has 0 bridgehead atoms. The average molecular weight is 294 g/mol. The number of phenols is 1. The molecule has 0 atom stereocenters. The molecule has 0 aliphatic heterocycles. The molecule has 78 valence electrons. The van der Waals surface area contributed by atoms with Gasteiger partial charge in [-0.05, 0) is 6.07 Å². The van der Waals surface area contributed by atoms with E-state index in [1.54, 1.807) is 12.1 Å². The molecule has 1 aromatic carbocycles. The summed E-state index contributed by atoms with van der Waals surface area (Å²) in [5, 5.41) is 9.46. The van der Waals surface area contributed by atoms with Gasteiger partial charge in [-0.3, -0.25) is 0 Å². The summed E-state index contributed by atoms with van der Waals surface area (Å²) in [7, 11) is 0. The zero-order valence-electron chi connectivity index (χ0n) is 6.65. The van der Waals surface area contributed by atoms with Crippen LogP contribution in [0.25, 0.3) is 0 Å². The first-order chi connectivity index (χ1) is 6.27. The van der Waals surface area contributed by atoms with Crippen LogP contribution < -0.4 is 0 Å². The minimum absolute atomic E-state index is 0.121. The second-order valence-electron chi connectivity index (χ2n) is 2.59. The molecule has 0 spiro atoms. The highest BCUT2D eigenvalue weighted by molar-refractivity contribution is 6.75. The number of aromatic hydroxyl groups is 1. The Bertz CT molecular complexity index is 331. The van der Waals surface area contributed by atoms with Gasteiger partial charge in [0.25, 0.3) is 0 Å². The number of hydrogen-bond donors (Lipinski definition) is 1. The summed E-state index contributed by atoms with van der Waals surface area (Å²) in [5.41, 5.74) is 0.156. The highest BCUT2D eigenvalue weighted by Crippen LogP contribution is 2.54. The van der Waals surface area contributed by atoms with Crippen molar-refractivity contribution in [1.82, 2.24) is 0 Å². The summed E-state index contributed by atoms with van der Waals surface area (Å²) in [6, 6.07) is 6.13. The van der Waals surface area contributed by atoms with E-state index in [1.807, 2.05) is 0 Å². The van der Waals surface area contributed by atoms with Crippen molar-refractivity contribution in [3.63, 3.8) is 0 Å². The number of hydrogen-bond acceptors (Lipinski definition) is 1. The smallest absolute Gasteiger partial charge is 0.227 e. The molecule has 0 radical (unpaired) electrons. The Morgan fingerprint density at radius 3 is 1.86 bits per heavy atom. The molecule has 1 aromatic rings. The van der Waals surface area contributed by atoms with Crippen molar-refractivity contribution in [1.29, 1.82) is 0 Å². The van der Waals surface area contributed by atoms with E-state index in [2.05, 4.69) is 0 Å². The van der Waals surface area contributed by atoms with E-state index in [0.29, 0.717) is 0 Å². The molecule has 0 aliphatic carbocycles. The molecule has 1 N–H and O–H groups in total. The van der Waals surface area contributed by atoms with Crippen LogP contribution in [0.2, 0.25) is 0 Å². The quantitative estimate of drug-likeness (QED) is 0.761. The molecule has 0 heterocycles. The second-order valence-corrected chi connectivity index (χ2v) is 6.20. The Labute approximate surface area is 106 Å². The number of para-hydroxylation sites is 1. The normalized spacial score (nSPS) is 12.9. The van der Waals surface area contributed by atoms with Crippen LogP contribution in [0.5, 0.6) is 5.75 Å². The van der Waals surface area contributed by atoms with E-state index in [0.717, 1.165) is 0 Å². The largest absolute Gasteiger partial charge is 0.508 e.